The van der Waals surface area contributed by atoms with Gasteiger partial charge in [-0.15, -0.1) is 0 Å². The summed E-state index contributed by atoms with van der Waals surface area (Å²) < 4.78 is 18.0. The molecule has 0 atom stereocenters. The van der Waals surface area contributed by atoms with Crippen molar-refractivity contribution in [3.63, 3.8) is 0 Å². The number of halogens is 1. The van der Waals surface area contributed by atoms with Crippen LogP contribution in [0.3, 0.4) is 0 Å². The number of benzene rings is 1. The van der Waals surface area contributed by atoms with E-state index in [-0.39, 0.29) is 17.4 Å². The van der Waals surface area contributed by atoms with E-state index in [1.54, 1.807) is 36.6 Å². The number of furan rings is 1. The maximum Gasteiger partial charge on any atom is 0.270 e. The first kappa shape index (κ1) is 16.6. The van der Waals surface area contributed by atoms with Gasteiger partial charge in [0.15, 0.2) is 0 Å². The van der Waals surface area contributed by atoms with Gasteiger partial charge in [0.25, 0.3) is 5.91 Å². The van der Waals surface area contributed by atoms with Crippen molar-refractivity contribution in [2.45, 2.75) is 13.0 Å². The smallest absolute Gasteiger partial charge is 0.270 e. The summed E-state index contributed by atoms with van der Waals surface area (Å²) in [6, 6.07) is 11.5. The molecule has 0 radical (unpaired) electrons. The molecule has 3 rings (SSSR count). The van der Waals surface area contributed by atoms with Crippen molar-refractivity contribution >= 4 is 11.7 Å². The molecular weight excluding hydrogens is 323 g/mol. The highest BCUT2D eigenvalue weighted by atomic mass is 19.1. The minimum absolute atomic E-state index is 0.252. The number of hydrogen-bond donors (Lipinski definition) is 2. The summed E-state index contributed by atoms with van der Waals surface area (Å²) in [5.74, 6) is 0.665. The van der Waals surface area contributed by atoms with Crippen molar-refractivity contribution < 1.29 is 13.6 Å². The van der Waals surface area contributed by atoms with Crippen molar-refractivity contribution in [3.05, 3.63) is 77.9 Å². The summed E-state index contributed by atoms with van der Waals surface area (Å²) in [7, 11) is 0. The van der Waals surface area contributed by atoms with Crippen LogP contribution in [0.2, 0.25) is 0 Å². The van der Waals surface area contributed by atoms with Crippen LogP contribution in [0.25, 0.3) is 0 Å². The van der Waals surface area contributed by atoms with Gasteiger partial charge in [-0.2, -0.15) is 0 Å². The second-order valence-electron chi connectivity index (χ2n) is 5.35. The third-order valence-electron chi connectivity index (χ3n) is 3.54. The molecule has 1 amide bonds. The summed E-state index contributed by atoms with van der Waals surface area (Å²) in [5.41, 5.74) is 1.28. The molecule has 0 aliphatic heterocycles. The molecule has 0 fully saturated rings. The fraction of sp³-hybridized carbons (Fsp3) is 0.167. The minimum atomic E-state index is -0.305. The van der Waals surface area contributed by atoms with Crippen molar-refractivity contribution in [2.75, 3.05) is 11.9 Å². The van der Waals surface area contributed by atoms with Gasteiger partial charge in [-0.1, -0.05) is 12.1 Å². The van der Waals surface area contributed by atoms with Crippen LogP contribution in [-0.4, -0.2) is 22.4 Å². The first-order valence-electron chi connectivity index (χ1n) is 7.81. The minimum Gasteiger partial charge on any atom is -0.467 e. The lowest BCUT2D eigenvalue weighted by molar-refractivity contribution is 0.0943. The predicted octanol–water partition coefficient (Wildman–Crippen LogP) is 2.79. The van der Waals surface area contributed by atoms with E-state index in [0.29, 0.717) is 31.1 Å². The number of carbonyl (C=O) groups excluding carboxylic acids is 1. The van der Waals surface area contributed by atoms with E-state index in [2.05, 4.69) is 20.6 Å². The molecule has 0 saturated carbocycles. The van der Waals surface area contributed by atoms with Crippen LogP contribution >= 0.6 is 0 Å². The molecule has 0 spiro atoms. The zero-order valence-corrected chi connectivity index (χ0v) is 13.4. The number of nitrogens with zero attached hydrogens (tertiary/aromatic N) is 2. The first-order chi connectivity index (χ1) is 12.2. The Balaban J connectivity index is 1.51. The Morgan fingerprint density at radius 3 is 2.76 bits per heavy atom. The summed E-state index contributed by atoms with van der Waals surface area (Å²) in [5, 5.41) is 5.86. The summed E-state index contributed by atoms with van der Waals surface area (Å²) in [6.45, 7) is 0.902. The van der Waals surface area contributed by atoms with Gasteiger partial charge in [0.05, 0.1) is 12.8 Å². The van der Waals surface area contributed by atoms with Crippen LogP contribution in [0, 0.1) is 5.82 Å². The van der Waals surface area contributed by atoms with E-state index < -0.39 is 0 Å². The molecule has 0 aliphatic rings. The maximum absolute atomic E-state index is 12.9. The molecule has 25 heavy (non-hydrogen) atoms. The summed E-state index contributed by atoms with van der Waals surface area (Å²) >= 11 is 0. The van der Waals surface area contributed by atoms with Gasteiger partial charge in [-0.05, 0) is 36.2 Å². The highest BCUT2D eigenvalue weighted by Gasteiger charge is 2.09. The largest absolute Gasteiger partial charge is 0.467 e. The third kappa shape index (κ3) is 4.87. The number of nitrogens with one attached hydrogen (secondary N) is 2. The van der Waals surface area contributed by atoms with Gasteiger partial charge < -0.3 is 15.1 Å². The van der Waals surface area contributed by atoms with Crippen LogP contribution in [0.5, 0.6) is 0 Å². The van der Waals surface area contributed by atoms with E-state index in [4.69, 9.17) is 4.42 Å². The molecule has 7 heteroatoms. The monoisotopic (exact) mass is 340 g/mol. The van der Waals surface area contributed by atoms with E-state index in [9.17, 15) is 9.18 Å². The van der Waals surface area contributed by atoms with Gasteiger partial charge in [0, 0.05) is 12.6 Å². The van der Waals surface area contributed by atoms with Crippen molar-refractivity contribution in [1.82, 2.24) is 15.3 Å². The average molecular weight is 340 g/mol. The molecule has 0 bridgehead atoms. The Morgan fingerprint density at radius 2 is 2.00 bits per heavy atom. The molecular formula is C18H17FN4O2. The zero-order valence-electron chi connectivity index (χ0n) is 13.4. The Labute approximate surface area is 144 Å². The lowest BCUT2D eigenvalue weighted by Crippen LogP contribution is -2.24. The lowest BCUT2D eigenvalue weighted by Gasteiger charge is -2.07. The van der Waals surface area contributed by atoms with Gasteiger partial charge in [0.1, 0.15) is 29.4 Å². The predicted molar refractivity (Wildman–Crippen MR) is 90.5 cm³/mol. The quantitative estimate of drug-likeness (QED) is 0.691. The number of carbonyl (C=O) groups is 1. The second-order valence-corrected chi connectivity index (χ2v) is 5.35. The van der Waals surface area contributed by atoms with E-state index in [1.165, 1.54) is 18.5 Å². The fourth-order valence-electron chi connectivity index (χ4n) is 2.24. The highest BCUT2D eigenvalue weighted by molar-refractivity contribution is 5.92. The SMILES string of the molecule is O=C(NCc1ccco1)c1cc(NCCc2ccc(F)cc2)ncn1. The standard InChI is InChI=1S/C18H17FN4O2/c19-14-5-3-13(4-6-14)7-8-20-17-10-16(22-12-23-17)18(24)21-11-15-2-1-9-25-15/h1-6,9-10,12H,7-8,11H2,(H,21,24)(H,20,22,23). The Morgan fingerprint density at radius 1 is 1.16 bits per heavy atom. The van der Waals surface area contributed by atoms with Gasteiger partial charge in [0.2, 0.25) is 0 Å². The first-order valence-corrected chi connectivity index (χ1v) is 7.81. The number of anilines is 1. The Hall–Kier alpha value is -3.22. The van der Waals surface area contributed by atoms with Crippen LogP contribution in [0.4, 0.5) is 10.2 Å². The van der Waals surface area contributed by atoms with Crippen molar-refractivity contribution in [2.24, 2.45) is 0 Å². The molecule has 3 aromatic rings. The third-order valence-corrected chi connectivity index (χ3v) is 3.54. The Kier molecular flexibility index (Phi) is 5.36. The topological polar surface area (TPSA) is 80.0 Å². The maximum atomic E-state index is 12.9. The molecule has 1 aromatic carbocycles. The van der Waals surface area contributed by atoms with Gasteiger partial charge in [-0.25, -0.2) is 14.4 Å². The Bertz CT molecular complexity index is 819. The van der Waals surface area contributed by atoms with Gasteiger partial charge >= 0.3 is 0 Å². The van der Waals surface area contributed by atoms with Crippen molar-refractivity contribution in [1.29, 1.82) is 0 Å². The van der Waals surface area contributed by atoms with Crippen molar-refractivity contribution in [3.8, 4) is 0 Å². The lowest BCUT2D eigenvalue weighted by atomic mass is 10.1. The van der Waals surface area contributed by atoms with Crippen LogP contribution in [0.1, 0.15) is 21.8 Å². The zero-order chi connectivity index (χ0) is 17.5. The molecule has 2 N–H and O–H groups in total. The van der Waals surface area contributed by atoms with Crippen LogP contribution < -0.4 is 10.6 Å². The second kappa shape index (κ2) is 8.05. The highest BCUT2D eigenvalue weighted by Crippen LogP contribution is 2.07. The van der Waals surface area contributed by atoms with Gasteiger partial charge in [-0.3, -0.25) is 4.79 Å². The average Bonchev–Trinajstić information content (AvgIpc) is 3.15. The molecule has 128 valence electrons. The molecule has 2 heterocycles. The van der Waals surface area contributed by atoms with E-state index in [1.807, 2.05) is 0 Å². The van der Waals surface area contributed by atoms with Crippen LogP contribution in [0.15, 0.2) is 59.5 Å². The summed E-state index contributed by atoms with van der Waals surface area (Å²) in [6.07, 6.45) is 3.60. The molecule has 0 unspecified atom stereocenters. The molecule has 2 aromatic heterocycles. The van der Waals surface area contributed by atoms with E-state index >= 15 is 0 Å². The molecule has 0 saturated heterocycles. The normalized spacial score (nSPS) is 10.4. The molecule has 0 aliphatic carbocycles. The van der Waals surface area contributed by atoms with Crippen LogP contribution in [-0.2, 0) is 13.0 Å². The number of amides is 1. The van der Waals surface area contributed by atoms with E-state index in [0.717, 1.165) is 5.56 Å². The number of aromatic nitrogens is 2. The number of hydrogen-bond acceptors (Lipinski definition) is 5. The fourth-order valence-corrected chi connectivity index (χ4v) is 2.24. The molecule has 6 nitrogen and oxygen atoms in total. The number of rotatable bonds is 7. The summed E-state index contributed by atoms with van der Waals surface area (Å²) in [4.78, 5) is 20.2.